The van der Waals surface area contributed by atoms with Crippen molar-refractivity contribution in [2.75, 3.05) is 6.54 Å². The highest BCUT2D eigenvalue weighted by molar-refractivity contribution is 5.76. The molecule has 0 aliphatic heterocycles. The number of allylic oxidation sites excluding steroid dienone is 3. The standard InChI is InChI=1S/C20H36.C15H26N4O2/c1-14(2)15(3)9-10-17(5)19-12-11-18-16(4)8-7-13-20(18,19)6;1-3-11-9-12(7-6-10(11)2)21-14(20)13(16)5-4-8-19-15(17)18/h14-15,17-19H,4,7-13H2,1-3,5-6H3;3,12-13H,2,4-9,16H2,1H3,(H4,17,18,19)/b;11-3-/t15-,17+,18-,19?,20?;12-,13?/m00/s1. The van der Waals surface area contributed by atoms with Crippen molar-refractivity contribution in [1.29, 1.82) is 0 Å². The molecule has 0 aromatic carbocycles. The highest BCUT2D eigenvalue weighted by Gasteiger charge is 2.50. The molecule has 0 saturated heterocycles. The van der Waals surface area contributed by atoms with Crippen molar-refractivity contribution in [2.24, 2.45) is 57.2 Å². The Balaban J connectivity index is 0.000000287. The molecule has 0 spiro atoms. The van der Waals surface area contributed by atoms with Gasteiger partial charge in [0, 0.05) is 13.0 Å². The molecule has 3 aliphatic carbocycles. The van der Waals surface area contributed by atoms with Crippen molar-refractivity contribution < 1.29 is 9.53 Å². The number of hydrogen-bond donors (Lipinski definition) is 3. The van der Waals surface area contributed by atoms with Crippen LogP contribution in [0.1, 0.15) is 119 Å². The molecule has 3 rings (SSSR count). The van der Waals surface area contributed by atoms with Gasteiger partial charge in [0.05, 0.1) is 0 Å². The van der Waals surface area contributed by atoms with Gasteiger partial charge in [0.2, 0.25) is 0 Å². The molecule has 0 radical (unpaired) electrons. The fourth-order valence-corrected chi connectivity index (χ4v) is 7.46. The number of carbonyl (C=O) groups is 1. The molecular formula is C35H62N4O2. The van der Waals surface area contributed by atoms with Gasteiger partial charge in [0.25, 0.3) is 0 Å². The molecule has 6 nitrogen and oxygen atoms in total. The van der Waals surface area contributed by atoms with E-state index in [0.29, 0.717) is 24.8 Å². The van der Waals surface area contributed by atoms with Crippen molar-refractivity contribution in [3.05, 3.63) is 36.0 Å². The summed E-state index contributed by atoms with van der Waals surface area (Å²) in [6.07, 6.45) is 15.3. The van der Waals surface area contributed by atoms with Crippen molar-refractivity contribution in [3.63, 3.8) is 0 Å². The SMILES string of the molecule is C=C1CCCC2(C)C([C@H](C)CC[C@H](C)C(C)C)CC[C@@H]12.C=C1CC[C@H](OC(=O)C(N)CCCN=C(N)N)C/C1=C/C. The van der Waals surface area contributed by atoms with E-state index in [1.54, 1.807) is 5.57 Å². The zero-order valence-corrected chi connectivity index (χ0v) is 27.2. The number of fused-ring (bicyclic) bond motifs is 1. The fourth-order valence-electron chi connectivity index (χ4n) is 7.46. The van der Waals surface area contributed by atoms with Crippen molar-refractivity contribution >= 4 is 11.9 Å². The average Bonchev–Trinajstić information content (AvgIpc) is 3.28. The lowest BCUT2D eigenvalue weighted by Gasteiger charge is -2.44. The number of esters is 1. The number of carbonyl (C=O) groups excluding carboxylic acids is 1. The van der Waals surface area contributed by atoms with Crippen LogP contribution in [0.3, 0.4) is 0 Å². The van der Waals surface area contributed by atoms with Gasteiger partial charge in [-0.05, 0) is 105 Å². The maximum absolute atomic E-state index is 11.9. The second-order valence-corrected chi connectivity index (χ2v) is 13.8. The van der Waals surface area contributed by atoms with Gasteiger partial charge in [-0.15, -0.1) is 0 Å². The first-order valence-electron chi connectivity index (χ1n) is 16.3. The molecule has 3 aliphatic rings. The number of nitrogens with zero attached hydrogens (tertiary/aromatic N) is 1. The molecule has 3 fully saturated rings. The summed E-state index contributed by atoms with van der Waals surface area (Å²) in [5, 5.41) is 0. The number of ether oxygens (including phenoxy) is 1. The lowest BCUT2D eigenvalue weighted by Crippen LogP contribution is -2.36. The van der Waals surface area contributed by atoms with E-state index in [1.165, 1.54) is 50.5 Å². The molecule has 0 bridgehead atoms. The third-order valence-electron chi connectivity index (χ3n) is 10.6. The van der Waals surface area contributed by atoms with Gasteiger partial charge in [-0.1, -0.05) is 77.8 Å². The van der Waals surface area contributed by atoms with Crippen LogP contribution in [0, 0.1) is 35.0 Å². The van der Waals surface area contributed by atoms with E-state index in [9.17, 15) is 4.79 Å². The molecule has 0 aromatic heterocycles. The molecule has 0 amide bonds. The Bertz CT molecular complexity index is 934. The molecule has 6 heteroatoms. The van der Waals surface area contributed by atoms with Gasteiger partial charge in [-0.2, -0.15) is 0 Å². The summed E-state index contributed by atoms with van der Waals surface area (Å²) in [4.78, 5) is 15.8. The molecule has 0 heterocycles. The summed E-state index contributed by atoms with van der Waals surface area (Å²) in [6, 6.07) is -0.626. The smallest absolute Gasteiger partial charge is 0.323 e. The zero-order valence-electron chi connectivity index (χ0n) is 27.2. The van der Waals surface area contributed by atoms with Crippen LogP contribution in [-0.2, 0) is 9.53 Å². The lowest BCUT2D eigenvalue weighted by atomic mass is 9.61. The Labute approximate surface area is 251 Å². The Hall–Kier alpha value is -2.08. The van der Waals surface area contributed by atoms with Crippen LogP contribution in [0.5, 0.6) is 0 Å². The fraction of sp³-hybridized carbons (Fsp3) is 0.771. The minimum Gasteiger partial charge on any atom is -0.461 e. The molecule has 0 aromatic rings. The summed E-state index contributed by atoms with van der Waals surface area (Å²) in [7, 11) is 0. The van der Waals surface area contributed by atoms with Crippen LogP contribution in [0.25, 0.3) is 0 Å². The summed E-state index contributed by atoms with van der Waals surface area (Å²) >= 11 is 0. The summed E-state index contributed by atoms with van der Waals surface area (Å²) < 4.78 is 5.48. The van der Waals surface area contributed by atoms with Crippen molar-refractivity contribution in [1.82, 2.24) is 0 Å². The molecule has 3 saturated carbocycles. The van der Waals surface area contributed by atoms with Gasteiger partial charge in [-0.3, -0.25) is 9.79 Å². The second-order valence-electron chi connectivity index (χ2n) is 13.8. The van der Waals surface area contributed by atoms with Gasteiger partial charge >= 0.3 is 5.97 Å². The normalized spacial score (nSPS) is 29.3. The molecule has 3 unspecified atom stereocenters. The quantitative estimate of drug-likeness (QED) is 0.0785. The molecule has 7 atom stereocenters. The summed E-state index contributed by atoms with van der Waals surface area (Å²) in [6.45, 7) is 23.1. The molecule has 234 valence electrons. The number of rotatable bonds is 11. The highest BCUT2D eigenvalue weighted by Crippen LogP contribution is 2.59. The van der Waals surface area contributed by atoms with Crippen molar-refractivity contribution in [3.8, 4) is 0 Å². The molecule has 6 N–H and O–H groups in total. The molecule has 41 heavy (non-hydrogen) atoms. The van der Waals surface area contributed by atoms with E-state index < -0.39 is 6.04 Å². The number of nitrogens with two attached hydrogens (primary N) is 3. The summed E-state index contributed by atoms with van der Waals surface area (Å²) in [5.41, 5.74) is 20.7. The largest absolute Gasteiger partial charge is 0.461 e. The Morgan fingerprint density at radius 2 is 1.80 bits per heavy atom. The van der Waals surface area contributed by atoms with E-state index in [4.69, 9.17) is 21.9 Å². The minimum absolute atomic E-state index is 0.0486. The first-order valence-corrected chi connectivity index (χ1v) is 16.3. The minimum atomic E-state index is -0.626. The highest BCUT2D eigenvalue weighted by atomic mass is 16.5. The lowest BCUT2D eigenvalue weighted by molar-refractivity contribution is -0.151. The Kier molecular flexibility index (Phi) is 14.2. The van der Waals surface area contributed by atoms with Gasteiger partial charge in [-0.25, -0.2) is 0 Å². The molecular weight excluding hydrogens is 508 g/mol. The third-order valence-corrected chi connectivity index (χ3v) is 10.6. The first kappa shape index (κ1) is 35.1. The van der Waals surface area contributed by atoms with Gasteiger partial charge < -0.3 is 21.9 Å². The number of guanidine groups is 1. The Morgan fingerprint density at radius 1 is 1.10 bits per heavy atom. The Morgan fingerprint density at radius 3 is 2.44 bits per heavy atom. The van der Waals surface area contributed by atoms with Crippen molar-refractivity contribution in [2.45, 2.75) is 131 Å². The van der Waals surface area contributed by atoms with Crippen LogP contribution in [0.4, 0.5) is 0 Å². The maximum atomic E-state index is 11.9. The van der Waals surface area contributed by atoms with E-state index in [0.717, 1.165) is 54.4 Å². The summed E-state index contributed by atoms with van der Waals surface area (Å²) in [5.74, 6) is 4.10. The number of hydrogen-bond acceptors (Lipinski definition) is 4. The van der Waals surface area contributed by atoms with E-state index >= 15 is 0 Å². The van der Waals surface area contributed by atoms with E-state index in [-0.39, 0.29) is 18.0 Å². The van der Waals surface area contributed by atoms with E-state index in [2.05, 4.69) is 52.8 Å². The van der Waals surface area contributed by atoms with Gasteiger partial charge in [0.1, 0.15) is 12.1 Å². The number of aliphatic imine (C=N–C) groups is 1. The van der Waals surface area contributed by atoms with Gasteiger partial charge in [0.15, 0.2) is 5.96 Å². The predicted molar refractivity (Wildman–Crippen MR) is 174 cm³/mol. The predicted octanol–water partition coefficient (Wildman–Crippen LogP) is 7.43. The van der Waals surface area contributed by atoms with Crippen LogP contribution in [0.15, 0.2) is 40.9 Å². The average molecular weight is 571 g/mol. The van der Waals surface area contributed by atoms with Crippen LogP contribution >= 0.6 is 0 Å². The van der Waals surface area contributed by atoms with Crippen LogP contribution in [0.2, 0.25) is 0 Å². The second kappa shape index (κ2) is 16.5. The first-order chi connectivity index (χ1) is 19.3. The van der Waals surface area contributed by atoms with Crippen LogP contribution in [-0.4, -0.2) is 30.6 Å². The zero-order chi connectivity index (χ0) is 30.7. The maximum Gasteiger partial charge on any atom is 0.323 e. The third kappa shape index (κ3) is 10.3. The topological polar surface area (TPSA) is 117 Å². The van der Waals surface area contributed by atoms with E-state index in [1.807, 2.05) is 13.0 Å². The monoisotopic (exact) mass is 570 g/mol. The van der Waals surface area contributed by atoms with Crippen LogP contribution < -0.4 is 17.2 Å².